The molecule has 0 radical (unpaired) electrons. The number of urea groups is 1. The predicted octanol–water partition coefficient (Wildman–Crippen LogP) is 1.99. The van der Waals surface area contributed by atoms with Crippen molar-refractivity contribution in [2.24, 2.45) is 0 Å². The molecule has 2 rings (SSSR count). The van der Waals surface area contributed by atoms with Gasteiger partial charge >= 0.3 is 6.03 Å². The molecular formula is C14H17F2N7O3S. The molecule has 0 saturated carbocycles. The molecular weight excluding hydrogens is 384 g/mol. The van der Waals surface area contributed by atoms with Crippen LogP contribution in [0.2, 0.25) is 0 Å². The summed E-state index contributed by atoms with van der Waals surface area (Å²) < 4.78 is 53.9. The molecule has 0 aliphatic heterocycles. The van der Waals surface area contributed by atoms with Gasteiger partial charge in [-0.15, -0.1) is 0 Å². The lowest BCUT2D eigenvalue weighted by Gasteiger charge is -2.13. The Balaban J connectivity index is 2.20. The zero-order valence-electron chi connectivity index (χ0n) is 14.4. The average molecular weight is 401 g/mol. The smallest absolute Gasteiger partial charge is 0.326 e. The minimum absolute atomic E-state index is 0.160. The Labute approximate surface area is 153 Å². The van der Waals surface area contributed by atoms with Crippen LogP contribution in [0, 0.1) is 11.6 Å². The molecule has 4 N–H and O–H groups in total. The van der Waals surface area contributed by atoms with E-state index in [0.717, 1.165) is 18.5 Å². The van der Waals surface area contributed by atoms with E-state index in [2.05, 4.69) is 25.6 Å². The predicted molar refractivity (Wildman–Crippen MR) is 96.1 cm³/mol. The number of sulfonamides is 1. The molecule has 2 amide bonds. The van der Waals surface area contributed by atoms with Crippen molar-refractivity contribution in [3.05, 3.63) is 30.1 Å². The van der Waals surface area contributed by atoms with E-state index in [1.807, 2.05) is 10.0 Å². The lowest BCUT2D eigenvalue weighted by atomic mass is 10.2. The molecule has 1 aromatic heterocycles. The van der Waals surface area contributed by atoms with Crippen LogP contribution in [-0.4, -0.2) is 42.2 Å². The lowest BCUT2D eigenvalue weighted by Crippen LogP contribution is -2.23. The molecule has 0 spiro atoms. The highest BCUT2D eigenvalue weighted by Crippen LogP contribution is 2.26. The third-order valence-corrected chi connectivity index (χ3v) is 4.57. The Hall–Kier alpha value is -3.09. The standard InChI is InChI=1S/C14H17F2N7O3S/c1-3-6-27(25,26)23-9-5-4-8(15)11(10(9)16)20-14(24)22-13-19-7-18-12(17-2)21-13/h4-5,7,23H,3,6H2,1-2H3,(H3,17,18,19,20,21,22,24). The van der Waals surface area contributed by atoms with Crippen LogP contribution in [0.3, 0.4) is 0 Å². The highest BCUT2D eigenvalue weighted by molar-refractivity contribution is 7.92. The third kappa shape index (κ3) is 5.44. The first kappa shape index (κ1) is 20.2. The Kier molecular flexibility index (Phi) is 6.39. The van der Waals surface area contributed by atoms with Gasteiger partial charge in [0.15, 0.2) is 5.82 Å². The van der Waals surface area contributed by atoms with Gasteiger partial charge in [-0.2, -0.15) is 4.98 Å². The first-order chi connectivity index (χ1) is 12.8. The minimum Gasteiger partial charge on any atom is -0.357 e. The largest absolute Gasteiger partial charge is 0.357 e. The van der Waals surface area contributed by atoms with Gasteiger partial charge < -0.3 is 10.6 Å². The summed E-state index contributed by atoms with van der Waals surface area (Å²) in [5.74, 6) is -2.58. The van der Waals surface area contributed by atoms with Gasteiger partial charge in [0.2, 0.25) is 21.9 Å². The molecule has 10 nitrogen and oxygen atoms in total. The first-order valence-electron chi connectivity index (χ1n) is 7.69. The number of carbonyl (C=O) groups is 1. The summed E-state index contributed by atoms with van der Waals surface area (Å²) in [5.41, 5.74) is -1.31. The maximum Gasteiger partial charge on any atom is 0.326 e. The lowest BCUT2D eigenvalue weighted by molar-refractivity contribution is 0.261. The van der Waals surface area contributed by atoms with Crippen molar-refractivity contribution >= 4 is 39.3 Å². The van der Waals surface area contributed by atoms with Crippen LogP contribution in [-0.2, 0) is 10.0 Å². The van der Waals surface area contributed by atoms with Gasteiger partial charge in [-0.05, 0) is 18.6 Å². The number of anilines is 4. The Morgan fingerprint density at radius 1 is 1.15 bits per heavy atom. The molecule has 1 heterocycles. The summed E-state index contributed by atoms with van der Waals surface area (Å²) in [6.45, 7) is 1.64. The zero-order chi connectivity index (χ0) is 20.0. The van der Waals surface area contributed by atoms with Crippen LogP contribution in [0.4, 0.5) is 36.8 Å². The number of nitrogens with zero attached hydrogens (tertiary/aromatic N) is 3. The molecule has 0 bridgehead atoms. The van der Waals surface area contributed by atoms with E-state index in [1.54, 1.807) is 14.0 Å². The van der Waals surface area contributed by atoms with Crippen molar-refractivity contribution in [1.29, 1.82) is 0 Å². The third-order valence-electron chi connectivity index (χ3n) is 3.09. The molecule has 13 heteroatoms. The molecule has 27 heavy (non-hydrogen) atoms. The van der Waals surface area contributed by atoms with Crippen molar-refractivity contribution in [2.75, 3.05) is 33.5 Å². The fourth-order valence-electron chi connectivity index (χ4n) is 1.96. The van der Waals surface area contributed by atoms with E-state index >= 15 is 0 Å². The van der Waals surface area contributed by atoms with Crippen LogP contribution in [0.5, 0.6) is 0 Å². The van der Waals surface area contributed by atoms with Crippen LogP contribution >= 0.6 is 0 Å². The van der Waals surface area contributed by atoms with Crippen LogP contribution in [0.25, 0.3) is 0 Å². The molecule has 1 aromatic carbocycles. The first-order valence-corrected chi connectivity index (χ1v) is 9.34. The highest BCUT2D eigenvalue weighted by Gasteiger charge is 2.20. The SMILES string of the molecule is CCCS(=O)(=O)Nc1ccc(F)c(NC(=O)Nc2ncnc(NC)n2)c1F. The Morgan fingerprint density at radius 2 is 1.85 bits per heavy atom. The fraction of sp³-hybridized carbons (Fsp3) is 0.286. The number of halogens is 2. The Morgan fingerprint density at radius 3 is 2.52 bits per heavy atom. The number of aromatic nitrogens is 3. The van der Waals surface area contributed by atoms with Crippen LogP contribution in [0.15, 0.2) is 18.5 Å². The van der Waals surface area contributed by atoms with Gasteiger partial charge in [-0.1, -0.05) is 6.92 Å². The number of carbonyl (C=O) groups excluding carboxylic acids is 1. The number of rotatable bonds is 7. The summed E-state index contributed by atoms with van der Waals surface area (Å²) in [6.07, 6.45) is 1.44. The zero-order valence-corrected chi connectivity index (χ0v) is 15.2. The van der Waals surface area contributed by atoms with Crippen molar-refractivity contribution in [3.8, 4) is 0 Å². The summed E-state index contributed by atoms with van der Waals surface area (Å²) in [5, 5.41) is 6.78. The number of nitrogens with one attached hydrogen (secondary N) is 4. The molecule has 0 atom stereocenters. The average Bonchev–Trinajstić information content (AvgIpc) is 2.61. The second kappa shape index (κ2) is 8.53. The van der Waals surface area contributed by atoms with Crippen molar-refractivity contribution in [2.45, 2.75) is 13.3 Å². The number of hydrogen-bond donors (Lipinski definition) is 4. The quantitative estimate of drug-likeness (QED) is 0.556. The molecule has 2 aromatic rings. The van der Waals surface area contributed by atoms with E-state index in [1.165, 1.54) is 0 Å². The normalized spacial score (nSPS) is 11.0. The highest BCUT2D eigenvalue weighted by atomic mass is 32.2. The summed E-state index contributed by atoms with van der Waals surface area (Å²) in [6, 6.07) is 0.714. The number of amides is 2. The van der Waals surface area contributed by atoms with Crippen LogP contribution < -0.4 is 20.7 Å². The molecule has 0 aliphatic carbocycles. The van der Waals surface area contributed by atoms with E-state index in [9.17, 15) is 22.0 Å². The molecule has 146 valence electrons. The summed E-state index contributed by atoms with van der Waals surface area (Å²) in [7, 11) is -2.25. The maximum absolute atomic E-state index is 14.5. The van der Waals surface area contributed by atoms with Crippen molar-refractivity contribution < 1.29 is 22.0 Å². The number of hydrogen-bond acceptors (Lipinski definition) is 7. The maximum atomic E-state index is 14.5. The number of benzene rings is 1. The summed E-state index contributed by atoms with van der Waals surface area (Å²) in [4.78, 5) is 23.2. The molecule has 0 fully saturated rings. The van der Waals surface area contributed by atoms with Gasteiger partial charge in [0.05, 0.1) is 11.4 Å². The van der Waals surface area contributed by atoms with Gasteiger partial charge in [-0.3, -0.25) is 10.0 Å². The van der Waals surface area contributed by atoms with Gasteiger partial charge in [0.1, 0.15) is 17.8 Å². The van der Waals surface area contributed by atoms with Crippen molar-refractivity contribution in [3.63, 3.8) is 0 Å². The second-order valence-corrected chi connectivity index (χ2v) is 7.01. The van der Waals surface area contributed by atoms with Gasteiger partial charge in [-0.25, -0.2) is 32.0 Å². The Bertz CT molecular complexity index is 940. The van der Waals surface area contributed by atoms with E-state index in [4.69, 9.17) is 0 Å². The van der Waals surface area contributed by atoms with Gasteiger partial charge in [0.25, 0.3) is 0 Å². The summed E-state index contributed by atoms with van der Waals surface area (Å²) >= 11 is 0. The molecule has 0 aliphatic rings. The fourth-order valence-corrected chi connectivity index (χ4v) is 3.09. The monoisotopic (exact) mass is 401 g/mol. The van der Waals surface area contributed by atoms with E-state index in [-0.39, 0.29) is 17.6 Å². The van der Waals surface area contributed by atoms with Crippen LogP contribution in [0.1, 0.15) is 13.3 Å². The van der Waals surface area contributed by atoms with E-state index < -0.39 is 39.1 Å². The van der Waals surface area contributed by atoms with Crippen molar-refractivity contribution in [1.82, 2.24) is 15.0 Å². The van der Waals surface area contributed by atoms with Gasteiger partial charge in [0, 0.05) is 7.05 Å². The minimum atomic E-state index is -3.80. The molecule has 0 unspecified atom stereocenters. The second-order valence-electron chi connectivity index (χ2n) is 5.17. The van der Waals surface area contributed by atoms with E-state index in [0.29, 0.717) is 6.42 Å². The topological polar surface area (TPSA) is 138 Å². The molecule has 0 saturated heterocycles.